The van der Waals surface area contributed by atoms with Crippen molar-refractivity contribution in [3.63, 3.8) is 0 Å². The van der Waals surface area contributed by atoms with Gasteiger partial charge in [0.05, 0.1) is 13.0 Å². The molecule has 0 fully saturated rings. The Morgan fingerprint density at radius 3 is 2.52 bits per heavy atom. The Balaban J connectivity index is 1.49. The lowest BCUT2D eigenvalue weighted by molar-refractivity contribution is -0.122. The van der Waals surface area contributed by atoms with Gasteiger partial charge < -0.3 is 15.4 Å². The van der Waals surface area contributed by atoms with Gasteiger partial charge in [0.15, 0.2) is 0 Å². The molecule has 2 amide bonds. The van der Waals surface area contributed by atoms with Gasteiger partial charge >= 0.3 is 0 Å². The van der Waals surface area contributed by atoms with E-state index in [0.717, 1.165) is 16.2 Å². The number of aryl methyl sites for hydroxylation is 1. The topological polar surface area (TPSA) is 67.4 Å². The number of rotatable bonds is 10. The second-order valence-corrected chi connectivity index (χ2v) is 6.71. The largest absolute Gasteiger partial charge is 0.493 e. The quantitative estimate of drug-likeness (QED) is 0.640. The first-order valence-electron chi connectivity index (χ1n) is 8.39. The summed E-state index contributed by atoms with van der Waals surface area (Å²) in [5.41, 5.74) is 1.09. The molecule has 2 aromatic rings. The van der Waals surface area contributed by atoms with Crippen LogP contribution in [0.25, 0.3) is 0 Å². The van der Waals surface area contributed by atoms with Crippen LogP contribution < -0.4 is 15.4 Å². The minimum Gasteiger partial charge on any atom is -0.493 e. The van der Waals surface area contributed by atoms with E-state index in [-0.39, 0.29) is 11.8 Å². The van der Waals surface area contributed by atoms with Gasteiger partial charge in [-0.15, -0.1) is 11.3 Å². The molecule has 2 N–H and O–H groups in total. The predicted molar refractivity (Wildman–Crippen MR) is 100.0 cm³/mol. The van der Waals surface area contributed by atoms with Crippen molar-refractivity contribution < 1.29 is 14.3 Å². The second-order valence-electron chi connectivity index (χ2n) is 5.67. The smallest absolute Gasteiger partial charge is 0.225 e. The Labute approximate surface area is 152 Å². The monoisotopic (exact) mass is 360 g/mol. The number of thiophene rings is 1. The molecule has 0 saturated heterocycles. The molecule has 0 atom stereocenters. The van der Waals surface area contributed by atoms with Crippen LogP contribution >= 0.6 is 11.3 Å². The van der Waals surface area contributed by atoms with E-state index < -0.39 is 0 Å². The zero-order valence-corrected chi connectivity index (χ0v) is 15.2. The van der Waals surface area contributed by atoms with Crippen molar-refractivity contribution in [3.8, 4) is 5.75 Å². The van der Waals surface area contributed by atoms with Gasteiger partial charge in [0.2, 0.25) is 11.8 Å². The summed E-state index contributed by atoms with van der Waals surface area (Å²) in [6.07, 6.45) is 1.46. The summed E-state index contributed by atoms with van der Waals surface area (Å²) in [6, 6.07) is 11.7. The van der Waals surface area contributed by atoms with Gasteiger partial charge in [-0.3, -0.25) is 9.59 Å². The van der Waals surface area contributed by atoms with Crippen LogP contribution in [-0.4, -0.2) is 31.5 Å². The molecule has 134 valence electrons. The highest BCUT2D eigenvalue weighted by molar-refractivity contribution is 7.10. The molecule has 2 rings (SSSR count). The molecule has 1 aromatic carbocycles. The maximum atomic E-state index is 11.7. The lowest BCUT2D eigenvalue weighted by atomic mass is 10.2. The van der Waals surface area contributed by atoms with Gasteiger partial charge in [-0.25, -0.2) is 0 Å². The van der Waals surface area contributed by atoms with Crippen molar-refractivity contribution in [2.24, 2.45) is 0 Å². The number of carbonyl (C=O) groups excluding carboxylic acids is 2. The van der Waals surface area contributed by atoms with Crippen molar-refractivity contribution >= 4 is 23.2 Å². The van der Waals surface area contributed by atoms with Crippen molar-refractivity contribution in [2.75, 3.05) is 19.7 Å². The van der Waals surface area contributed by atoms with Crippen molar-refractivity contribution in [1.82, 2.24) is 10.6 Å². The molecule has 1 aromatic heterocycles. The van der Waals surface area contributed by atoms with E-state index in [1.807, 2.05) is 48.7 Å². The summed E-state index contributed by atoms with van der Waals surface area (Å²) in [5.74, 6) is 0.806. The standard InChI is InChI=1S/C19H24N2O3S/c1-15-6-2-3-8-17(15)24-12-4-9-18(22)20-10-11-21-19(23)14-16-7-5-13-25-16/h2-3,5-8,13H,4,9-12,14H2,1H3,(H,20,22)(H,21,23). The zero-order valence-electron chi connectivity index (χ0n) is 14.4. The van der Waals surface area contributed by atoms with Gasteiger partial charge in [0.1, 0.15) is 5.75 Å². The molecule has 0 aliphatic rings. The fourth-order valence-electron chi connectivity index (χ4n) is 2.26. The molecule has 0 spiro atoms. The summed E-state index contributed by atoms with van der Waals surface area (Å²) in [5, 5.41) is 7.55. The third-order valence-electron chi connectivity index (χ3n) is 3.58. The number of amides is 2. The summed E-state index contributed by atoms with van der Waals surface area (Å²) in [6.45, 7) is 3.38. The molecule has 5 nitrogen and oxygen atoms in total. The third-order valence-corrected chi connectivity index (χ3v) is 4.46. The van der Waals surface area contributed by atoms with E-state index in [1.165, 1.54) is 0 Å². The molecular formula is C19H24N2O3S. The Morgan fingerprint density at radius 2 is 1.80 bits per heavy atom. The van der Waals surface area contributed by atoms with Crippen molar-refractivity contribution in [3.05, 3.63) is 52.2 Å². The highest BCUT2D eigenvalue weighted by Crippen LogP contribution is 2.16. The third kappa shape index (κ3) is 7.39. The molecule has 25 heavy (non-hydrogen) atoms. The first-order chi connectivity index (χ1) is 12.1. The highest BCUT2D eigenvalue weighted by atomic mass is 32.1. The molecule has 0 unspecified atom stereocenters. The first-order valence-corrected chi connectivity index (χ1v) is 9.27. The van der Waals surface area contributed by atoms with E-state index in [0.29, 0.717) is 39.0 Å². The number of hydrogen-bond acceptors (Lipinski definition) is 4. The van der Waals surface area contributed by atoms with Gasteiger partial charge in [0, 0.05) is 24.4 Å². The van der Waals surface area contributed by atoms with Crippen LogP contribution in [-0.2, 0) is 16.0 Å². The van der Waals surface area contributed by atoms with E-state index in [9.17, 15) is 9.59 Å². The fraction of sp³-hybridized carbons (Fsp3) is 0.368. The average Bonchev–Trinajstić information content (AvgIpc) is 3.10. The van der Waals surface area contributed by atoms with Gasteiger partial charge in [-0.1, -0.05) is 24.3 Å². The van der Waals surface area contributed by atoms with Crippen LogP contribution in [0.1, 0.15) is 23.3 Å². The van der Waals surface area contributed by atoms with Crippen molar-refractivity contribution in [2.45, 2.75) is 26.2 Å². The van der Waals surface area contributed by atoms with Crippen LogP contribution in [0.15, 0.2) is 41.8 Å². The minimum atomic E-state index is -0.0270. The number of benzene rings is 1. The normalized spacial score (nSPS) is 10.3. The Bertz CT molecular complexity index is 671. The van der Waals surface area contributed by atoms with Crippen LogP contribution in [0, 0.1) is 6.92 Å². The molecular weight excluding hydrogens is 336 g/mol. The number of nitrogens with one attached hydrogen (secondary N) is 2. The Kier molecular flexibility index (Phi) is 7.98. The molecule has 0 saturated carbocycles. The van der Waals surface area contributed by atoms with Gasteiger partial charge in [-0.2, -0.15) is 0 Å². The molecule has 1 heterocycles. The summed E-state index contributed by atoms with van der Waals surface area (Å²) in [4.78, 5) is 24.5. The van der Waals surface area contributed by atoms with E-state index >= 15 is 0 Å². The summed E-state index contributed by atoms with van der Waals surface area (Å²) >= 11 is 1.56. The summed E-state index contributed by atoms with van der Waals surface area (Å²) < 4.78 is 5.66. The zero-order chi connectivity index (χ0) is 17.9. The molecule has 0 radical (unpaired) electrons. The molecule has 0 aliphatic carbocycles. The summed E-state index contributed by atoms with van der Waals surface area (Å²) in [7, 11) is 0. The number of ether oxygens (including phenoxy) is 1. The van der Waals surface area contributed by atoms with Crippen LogP contribution in [0.4, 0.5) is 0 Å². The highest BCUT2D eigenvalue weighted by Gasteiger charge is 2.05. The Morgan fingerprint density at radius 1 is 1.04 bits per heavy atom. The SMILES string of the molecule is Cc1ccccc1OCCCC(=O)NCCNC(=O)Cc1cccs1. The molecule has 0 aliphatic heterocycles. The second kappa shape index (κ2) is 10.5. The van der Waals surface area contributed by atoms with E-state index in [4.69, 9.17) is 4.74 Å². The lowest BCUT2D eigenvalue weighted by Crippen LogP contribution is -2.35. The number of hydrogen-bond donors (Lipinski definition) is 2. The first kappa shape index (κ1) is 19.0. The van der Waals surface area contributed by atoms with E-state index in [1.54, 1.807) is 11.3 Å². The number of para-hydroxylation sites is 1. The van der Waals surface area contributed by atoms with Gasteiger partial charge in [0.25, 0.3) is 0 Å². The van der Waals surface area contributed by atoms with Crippen LogP contribution in [0.2, 0.25) is 0 Å². The lowest BCUT2D eigenvalue weighted by Gasteiger charge is -2.09. The Hall–Kier alpha value is -2.34. The van der Waals surface area contributed by atoms with E-state index in [2.05, 4.69) is 10.6 Å². The van der Waals surface area contributed by atoms with Gasteiger partial charge in [-0.05, 0) is 36.4 Å². The fourth-order valence-corrected chi connectivity index (χ4v) is 2.96. The minimum absolute atomic E-state index is 0.0247. The molecule has 0 bridgehead atoms. The van der Waals surface area contributed by atoms with Crippen LogP contribution in [0.3, 0.4) is 0 Å². The predicted octanol–water partition coefficient (Wildman–Crippen LogP) is 2.69. The maximum absolute atomic E-state index is 11.7. The van der Waals surface area contributed by atoms with Crippen molar-refractivity contribution in [1.29, 1.82) is 0 Å². The van der Waals surface area contributed by atoms with Crippen LogP contribution in [0.5, 0.6) is 5.75 Å². The molecule has 6 heteroatoms. The maximum Gasteiger partial charge on any atom is 0.225 e. The number of carbonyl (C=O) groups is 2. The average molecular weight is 360 g/mol.